The summed E-state index contributed by atoms with van der Waals surface area (Å²) in [5.41, 5.74) is 1.05. The molecule has 1 aliphatic heterocycles. The van der Waals surface area contributed by atoms with E-state index in [-0.39, 0.29) is 0 Å². The molecule has 0 unspecified atom stereocenters. The molecule has 0 atom stereocenters. The smallest absolute Gasteiger partial charge is 0.240 e. The predicted molar refractivity (Wildman–Crippen MR) is 86.3 cm³/mol. The van der Waals surface area contributed by atoms with E-state index in [0.29, 0.717) is 17.3 Å². The van der Waals surface area contributed by atoms with Crippen molar-refractivity contribution in [1.29, 1.82) is 0 Å². The SMILES string of the molecule is O=S(=O)(NCCCN1CCCC1)c1ccc(CCCl)cc1. The van der Waals surface area contributed by atoms with Crippen LogP contribution in [0.25, 0.3) is 0 Å². The Balaban J connectivity index is 1.80. The first-order valence-corrected chi connectivity index (χ1v) is 9.50. The second-order valence-electron chi connectivity index (χ2n) is 5.38. The molecule has 1 aliphatic rings. The lowest BCUT2D eigenvalue weighted by Crippen LogP contribution is -2.28. The van der Waals surface area contributed by atoms with Gasteiger partial charge in [-0.1, -0.05) is 12.1 Å². The first kappa shape index (κ1) is 16.7. The van der Waals surface area contributed by atoms with Gasteiger partial charge < -0.3 is 4.90 Å². The molecular weight excluding hydrogens is 308 g/mol. The van der Waals surface area contributed by atoms with Crippen LogP contribution in [-0.2, 0) is 16.4 Å². The van der Waals surface area contributed by atoms with E-state index in [0.717, 1.165) is 38.0 Å². The number of hydrogen-bond donors (Lipinski definition) is 1. The van der Waals surface area contributed by atoms with Crippen LogP contribution in [0.2, 0.25) is 0 Å². The van der Waals surface area contributed by atoms with Gasteiger partial charge in [-0.25, -0.2) is 13.1 Å². The van der Waals surface area contributed by atoms with Crippen LogP contribution in [0.3, 0.4) is 0 Å². The van der Waals surface area contributed by atoms with Gasteiger partial charge in [-0.2, -0.15) is 0 Å². The summed E-state index contributed by atoms with van der Waals surface area (Å²) in [6.45, 7) is 3.75. The predicted octanol–water partition coefficient (Wildman–Crippen LogP) is 2.23. The number of rotatable bonds is 8. The first-order chi connectivity index (χ1) is 10.1. The molecule has 0 aromatic heterocycles. The van der Waals surface area contributed by atoms with Crippen LogP contribution in [0.1, 0.15) is 24.8 Å². The molecule has 21 heavy (non-hydrogen) atoms. The summed E-state index contributed by atoms with van der Waals surface area (Å²) in [4.78, 5) is 2.71. The van der Waals surface area contributed by atoms with Crippen LogP contribution in [0.4, 0.5) is 0 Å². The van der Waals surface area contributed by atoms with Crippen LogP contribution in [0, 0.1) is 0 Å². The zero-order chi connectivity index (χ0) is 15.1. The number of nitrogens with zero attached hydrogens (tertiary/aromatic N) is 1. The average Bonchev–Trinajstić information content (AvgIpc) is 2.98. The highest BCUT2D eigenvalue weighted by Crippen LogP contribution is 2.12. The summed E-state index contributed by atoms with van der Waals surface area (Å²) < 4.78 is 27.0. The maximum Gasteiger partial charge on any atom is 0.240 e. The van der Waals surface area contributed by atoms with Crippen LogP contribution in [0.15, 0.2) is 29.2 Å². The maximum atomic E-state index is 12.1. The van der Waals surface area contributed by atoms with Gasteiger partial charge in [0.05, 0.1) is 4.90 Å². The Bertz CT molecular complexity index is 525. The number of aryl methyl sites for hydroxylation is 1. The number of alkyl halides is 1. The van der Waals surface area contributed by atoms with E-state index in [2.05, 4.69) is 9.62 Å². The quantitative estimate of drug-likeness (QED) is 0.587. The fraction of sp³-hybridized carbons (Fsp3) is 0.600. The minimum absolute atomic E-state index is 0.321. The zero-order valence-corrected chi connectivity index (χ0v) is 13.8. The van der Waals surface area contributed by atoms with E-state index in [1.807, 2.05) is 12.1 Å². The lowest BCUT2D eigenvalue weighted by molar-refractivity contribution is 0.334. The molecular formula is C15H23ClN2O2S. The Kier molecular flexibility index (Phi) is 6.48. The van der Waals surface area contributed by atoms with E-state index in [4.69, 9.17) is 11.6 Å². The van der Waals surface area contributed by atoms with Crippen molar-refractivity contribution in [1.82, 2.24) is 9.62 Å². The Morgan fingerprint density at radius 3 is 2.43 bits per heavy atom. The molecule has 1 saturated heterocycles. The summed E-state index contributed by atoms with van der Waals surface area (Å²) in [5.74, 6) is 0.543. The van der Waals surface area contributed by atoms with Crippen LogP contribution >= 0.6 is 11.6 Å². The molecule has 0 amide bonds. The van der Waals surface area contributed by atoms with Crippen LogP contribution in [0.5, 0.6) is 0 Å². The number of nitrogens with one attached hydrogen (secondary N) is 1. The molecule has 118 valence electrons. The molecule has 0 spiro atoms. The molecule has 0 saturated carbocycles. The van der Waals surface area contributed by atoms with Gasteiger partial charge >= 0.3 is 0 Å². The summed E-state index contributed by atoms with van der Waals surface area (Å²) >= 11 is 5.67. The molecule has 1 fully saturated rings. The van der Waals surface area contributed by atoms with E-state index < -0.39 is 10.0 Å². The van der Waals surface area contributed by atoms with Gasteiger partial charge in [0.25, 0.3) is 0 Å². The summed E-state index contributed by atoms with van der Waals surface area (Å²) in [5, 5.41) is 0. The molecule has 1 aromatic carbocycles. The molecule has 0 radical (unpaired) electrons. The molecule has 1 heterocycles. The molecule has 2 rings (SSSR count). The lowest BCUT2D eigenvalue weighted by Gasteiger charge is -2.14. The third-order valence-electron chi connectivity index (χ3n) is 3.76. The van der Waals surface area contributed by atoms with Crippen molar-refractivity contribution in [2.45, 2.75) is 30.6 Å². The number of hydrogen-bond acceptors (Lipinski definition) is 3. The van der Waals surface area contributed by atoms with Gasteiger partial charge in [0, 0.05) is 12.4 Å². The minimum Gasteiger partial charge on any atom is -0.303 e. The minimum atomic E-state index is -3.39. The van der Waals surface area contributed by atoms with Crippen LogP contribution in [-0.4, -0.2) is 45.4 Å². The van der Waals surface area contributed by atoms with Crippen molar-refractivity contribution in [3.8, 4) is 0 Å². The highest BCUT2D eigenvalue weighted by atomic mass is 35.5. The average molecular weight is 331 g/mol. The van der Waals surface area contributed by atoms with Gasteiger partial charge in [-0.15, -0.1) is 11.6 Å². The summed E-state index contributed by atoms with van der Waals surface area (Å²) in [7, 11) is -3.39. The zero-order valence-electron chi connectivity index (χ0n) is 12.2. The van der Waals surface area contributed by atoms with Gasteiger partial charge in [-0.05, 0) is 63.0 Å². The molecule has 6 heteroatoms. The van der Waals surface area contributed by atoms with E-state index >= 15 is 0 Å². The largest absolute Gasteiger partial charge is 0.303 e. The Morgan fingerprint density at radius 1 is 1.14 bits per heavy atom. The normalized spacial score (nSPS) is 16.4. The second-order valence-corrected chi connectivity index (χ2v) is 7.53. The summed E-state index contributed by atoms with van der Waals surface area (Å²) in [6.07, 6.45) is 4.13. The van der Waals surface area contributed by atoms with Crippen molar-refractivity contribution in [3.63, 3.8) is 0 Å². The highest BCUT2D eigenvalue weighted by molar-refractivity contribution is 7.89. The molecule has 0 aliphatic carbocycles. The van der Waals surface area contributed by atoms with Crippen LogP contribution < -0.4 is 4.72 Å². The molecule has 1 aromatic rings. The van der Waals surface area contributed by atoms with Gasteiger partial charge in [-0.3, -0.25) is 0 Å². The van der Waals surface area contributed by atoms with Crippen molar-refractivity contribution >= 4 is 21.6 Å². The second kappa shape index (κ2) is 8.13. The number of sulfonamides is 1. The summed E-state index contributed by atoms with van der Waals surface area (Å²) in [6, 6.07) is 6.93. The van der Waals surface area contributed by atoms with Crippen molar-refractivity contribution in [3.05, 3.63) is 29.8 Å². The van der Waals surface area contributed by atoms with Crippen molar-refractivity contribution in [2.75, 3.05) is 32.1 Å². The molecule has 0 bridgehead atoms. The molecule has 4 nitrogen and oxygen atoms in total. The first-order valence-electron chi connectivity index (χ1n) is 7.49. The fourth-order valence-electron chi connectivity index (χ4n) is 2.54. The Labute approximate surface area is 132 Å². The van der Waals surface area contributed by atoms with Gasteiger partial charge in [0.2, 0.25) is 10.0 Å². The number of halogens is 1. The van der Waals surface area contributed by atoms with Gasteiger partial charge in [0.15, 0.2) is 0 Å². The molecule has 1 N–H and O–H groups in total. The van der Waals surface area contributed by atoms with Gasteiger partial charge in [0.1, 0.15) is 0 Å². The highest BCUT2D eigenvalue weighted by Gasteiger charge is 2.14. The number of likely N-dealkylation sites (tertiary alicyclic amines) is 1. The Morgan fingerprint density at radius 2 is 1.81 bits per heavy atom. The van der Waals surface area contributed by atoms with Crippen molar-refractivity contribution < 1.29 is 8.42 Å². The maximum absolute atomic E-state index is 12.1. The third kappa shape index (κ3) is 5.25. The van der Waals surface area contributed by atoms with E-state index in [1.54, 1.807) is 12.1 Å². The van der Waals surface area contributed by atoms with E-state index in [1.165, 1.54) is 12.8 Å². The number of benzene rings is 1. The Hall–Kier alpha value is -0.620. The third-order valence-corrected chi connectivity index (χ3v) is 5.42. The fourth-order valence-corrected chi connectivity index (χ4v) is 3.84. The standard InChI is InChI=1S/C15H23ClN2O2S/c16-9-8-14-4-6-15(7-5-14)21(19,20)17-10-3-13-18-11-1-2-12-18/h4-7,17H,1-3,8-13H2. The van der Waals surface area contributed by atoms with E-state index in [9.17, 15) is 8.42 Å². The lowest BCUT2D eigenvalue weighted by atomic mass is 10.2. The monoisotopic (exact) mass is 330 g/mol. The topological polar surface area (TPSA) is 49.4 Å². The van der Waals surface area contributed by atoms with Crippen molar-refractivity contribution in [2.24, 2.45) is 0 Å².